The SMILES string of the molecule is CC1c2ccsc2CCN1Cc1cc(CN)no1. The second-order valence-corrected chi connectivity index (χ2v) is 5.68. The van der Waals surface area contributed by atoms with E-state index in [0.29, 0.717) is 12.6 Å². The van der Waals surface area contributed by atoms with Crippen LogP contribution < -0.4 is 5.73 Å². The van der Waals surface area contributed by atoms with Gasteiger partial charge in [-0.1, -0.05) is 5.16 Å². The van der Waals surface area contributed by atoms with E-state index in [1.165, 1.54) is 10.4 Å². The number of hydrogen-bond donors (Lipinski definition) is 1. The molecule has 1 aliphatic heterocycles. The van der Waals surface area contributed by atoms with Crippen LogP contribution in [0.3, 0.4) is 0 Å². The van der Waals surface area contributed by atoms with Gasteiger partial charge < -0.3 is 10.3 Å². The third-order valence-electron chi connectivity index (χ3n) is 3.58. The molecule has 0 amide bonds. The minimum atomic E-state index is 0.438. The summed E-state index contributed by atoms with van der Waals surface area (Å²) in [7, 11) is 0. The summed E-state index contributed by atoms with van der Waals surface area (Å²) in [6.07, 6.45) is 1.13. The number of fused-ring (bicyclic) bond motifs is 1. The van der Waals surface area contributed by atoms with E-state index in [-0.39, 0.29) is 0 Å². The van der Waals surface area contributed by atoms with Crippen LogP contribution in [-0.4, -0.2) is 16.6 Å². The Labute approximate surface area is 110 Å². The summed E-state index contributed by atoms with van der Waals surface area (Å²) in [5.74, 6) is 0.904. The summed E-state index contributed by atoms with van der Waals surface area (Å²) in [6.45, 7) is 4.58. The summed E-state index contributed by atoms with van der Waals surface area (Å²) in [5.41, 5.74) is 7.83. The molecule has 0 spiro atoms. The molecule has 0 radical (unpaired) electrons. The molecule has 0 saturated carbocycles. The predicted molar refractivity (Wildman–Crippen MR) is 71.2 cm³/mol. The first-order chi connectivity index (χ1) is 8.78. The van der Waals surface area contributed by atoms with Gasteiger partial charge in [0.15, 0.2) is 5.76 Å². The zero-order valence-corrected chi connectivity index (χ0v) is 11.2. The van der Waals surface area contributed by atoms with Gasteiger partial charge in [-0.25, -0.2) is 0 Å². The van der Waals surface area contributed by atoms with Crippen molar-refractivity contribution in [1.29, 1.82) is 0 Å². The van der Waals surface area contributed by atoms with Crippen molar-refractivity contribution >= 4 is 11.3 Å². The largest absolute Gasteiger partial charge is 0.360 e. The molecule has 18 heavy (non-hydrogen) atoms. The maximum Gasteiger partial charge on any atom is 0.151 e. The molecule has 2 aromatic heterocycles. The molecule has 3 rings (SSSR count). The van der Waals surface area contributed by atoms with Crippen LogP contribution in [0.25, 0.3) is 0 Å². The van der Waals surface area contributed by atoms with Crippen molar-refractivity contribution < 1.29 is 4.52 Å². The predicted octanol–water partition coefficient (Wildman–Crippen LogP) is 2.31. The third-order valence-corrected chi connectivity index (χ3v) is 4.58. The van der Waals surface area contributed by atoms with Gasteiger partial charge in [0.2, 0.25) is 0 Å². The highest BCUT2D eigenvalue weighted by Gasteiger charge is 2.25. The first-order valence-electron chi connectivity index (χ1n) is 6.23. The molecule has 2 N–H and O–H groups in total. The fraction of sp³-hybridized carbons (Fsp3) is 0.462. The Morgan fingerprint density at radius 2 is 2.50 bits per heavy atom. The lowest BCUT2D eigenvalue weighted by molar-refractivity contribution is 0.170. The van der Waals surface area contributed by atoms with Gasteiger partial charge in [-0.05, 0) is 30.4 Å². The van der Waals surface area contributed by atoms with Crippen LogP contribution in [0.2, 0.25) is 0 Å². The molecule has 1 unspecified atom stereocenters. The maximum absolute atomic E-state index is 5.54. The average molecular weight is 263 g/mol. The van der Waals surface area contributed by atoms with Gasteiger partial charge in [0.25, 0.3) is 0 Å². The van der Waals surface area contributed by atoms with Crippen LogP contribution in [0.15, 0.2) is 22.0 Å². The van der Waals surface area contributed by atoms with Gasteiger partial charge >= 0.3 is 0 Å². The Morgan fingerprint density at radius 1 is 1.61 bits per heavy atom. The average Bonchev–Trinajstić information content (AvgIpc) is 3.01. The molecule has 1 aliphatic rings. The van der Waals surface area contributed by atoms with Gasteiger partial charge in [0, 0.05) is 30.1 Å². The van der Waals surface area contributed by atoms with Crippen LogP contribution in [0.5, 0.6) is 0 Å². The second kappa shape index (κ2) is 4.84. The van der Waals surface area contributed by atoms with Crippen molar-refractivity contribution in [2.75, 3.05) is 6.54 Å². The lowest BCUT2D eigenvalue weighted by Crippen LogP contribution is -2.32. The van der Waals surface area contributed by atoms with Crippen molar-refractivity contribution in [3.63, 3.8) is 0 Å². The number of nitrogens with zero attached hydrogens (tertiary/aromatic N) is 2. The molecule has 0 saturated heterocycles. The van der Waals surface area contributed by atoms with Gasteiger partial charge in [0.05, 0.1) is 12.2 Å². The minimum absolute atomic E-state index is 0.438. The Balaban J connectivity index is 1.74. The number of aromatic nitrogens is 1. The maximum atomic E-state index is 5.54. The van der Waals surface area contributed by atoms with E-state index in [9.17, 15) is 0 Å². The number of hydrogen-bond acceptors (Lipinski definition) is 5. The Kier molecular flexibility index (Phi) is 3.20. The lowest BCUT2D eigenvalue weighted by atomic mass is 10.0. The zero-order chi connectivity index (χ0) is 12.5. The van der Waals surface area contributed by atoms with E-state index >= 15 is 0 Å². The molecular formula is C13H17N3OS. The van der Waals surface area contributed by atoms with Gasteiger partial charge in [0.1, 0.15) is 0 Å². The summed E-state index contributed by atoms with van der Waals surface area (Å²) in [5, 5.41) is 6.12. The van der Waals surface area contributed by atoms with Crippen molar-refractivity contribution in [2.24, 2.45) is 5.73 Å². The molecule has 3 heterocycles. The molecule has 0 aromatic carbocycles. The molecule has 4 nitrogen and oxygen atoms in total. The Bertz CT molecular complexity index is 534. The topological polar surface area (TPSA) is 55.3 Å². The van der Waals surface area contributed by atoms with Crippen molar-refractivity contribution in [1.82, 2.24) is 10.1 Å². The molecule has 0 bridgehead atoms. The minimum Gasteiger partial charge on any atom is -0.360 e. The van der Waals surface area contributed by atoms with Crippen LogP contribution in [0, 0.1) is 0 Å². The number of thiophene rings is 1. The van der Waals surface area contributed by atoms with Crippen LogP contribution >= 0.6 is 11.3 Å². The van der Waals surface area contributed by atoms with E-state index in [4.69, 9.17) is 10.3 Å². The summed E-state index contributed by atoms with van der Waals surface area (Å²) >= 11 is 1.87. The zero-order valence-electron chi connectivity index (χ0n) is 10.4. The summed E-state index contributed by atoms with van der Waals surface area (Å²) in [6, 6.07) is 4.64. The fourth-order valence-corrected chi connectivity index (χ4v) is 3.47. The normalized spacial score (nSPS) is 20.0. The van der Waals surface area contributed by atoms with E-state index in [1.807, 2.05) is 17.4 Å². The molecular weight excluding hydrogens is 246 g/mol. The van der Waals surface area contributed by atoms with E-state index in [1.54, 1.807) is 0 Å². The van der Waals surface area contributed by atoms with E-state index in [2.05, 4.69) is 28.4 Å². The first-order valence-corrected chi connectivity index (χ1v) is 7.10. The Morgan fingerprint density at radius 3 is 3.28 bits per heavy atom. The highest BCUT2D eigenvalue weighted by atomic mass is 32.1. The monoisotopic (exact) mass is 263 g/mol. The quantitative estimate of drug-likeness (QED) is 0.923. The van der Waals surface area contributed by atoms with Gasteiger partial charge in [-0.15, -0.1) is 11.3 Å². The number of nitrogens with two attached hydrogens (primary N) is 1. The first kappa shape index (κ1) is 11.9. The highest BCUT2D eigenvalue weighted by Crippen LogP contribution is 2.33. The van der Waals surface area contributed by atoms with Crippen molar-refractivity contribution in [3.05, 3.63) is 39.4 Å². The molecule has 0 fully saturated rings. The molecule has 5 heteroatoms. The summed E-state index contributed by atoms with van der Waals surface area (Å²) < 4.78 is 5.31. The number of rotatable bonds is 3. The van der Waals surface area contributed by atoms with Crippen LogP contribution in [-0.2, 0) is 19.5 Å². The second-order valence-electron chi connectivity index (χ2n) is 4.68. The van der Waals surface area contributed by atoms with E-state index in [0.717, 1.165) is 31.0 Å². The Hall–Kier alpha value is -1.17. The fourth-order valence-electron chi connectivity index (χ4n) is 2.50. The van der Waals surface area contributed by atoms with Crippen LogP contribution in [0.4, 0.5) is 0 Å². The lowest BCUT2D eigenvalue weighted by Gasteiger charge is -2.32. The molecule has 0 aliphatic carbocycles. The molecule has 96 valence electrons. The summed E-state index contributed by atoms with van der Waals surface area (Å²) in [4.78, 5) is 3.95. The highest BCUT2D eigenvalue weighted by molar-refractivity contribution is 7.10. The van der Waals surface area contributed by atoms with Crippen molar-refractivity contribution in [2.45, 2.75) is 32.5 Å². The van der Waals surface area contributed by atoms with Crippen molar-refractivity contribution in [3.8, 4) is 0 Å². The molecule has 1 atom stereocenters. The van der Waals surface area contributed by atoms with Crippen LogP contribution in [0.1, 0.15) is 34.9 Å². The standard InChI is InChI=1S/C13H17N3OS/c1-9-12-3-5-18-13(12)2-4-16(9)8-11-6-10(7-14)15-17-11/h3,5-6,9H,2,4,7-8,14H2,1H3. The molecule has 2 aromatic rings. The smallest absolute Gasteiger partial charge is 0.151 e. The third kappa shape index (κ3) is 2.09. The van der Waals surface area contributed by atoms with E-state index < -0.39 is 0 Å². The van der Waals surface area contributed by atoms with Gasteiger partial charge in [-0.3, -0.25) is 4.90 Å². The van der Waals surface area contributed by atoms with Gasteiger partial charge in [-0.2, -0.15) is 0 Å².